The van der Waals surface area contributed by atoms with Crippen LogP contribution in [0.25, 0.3) is 0 Å². The lowest BCUT2D eigenvalue weighted by Crippen LogP contribution is -2.30. The Labute approximate surface area is 153 Å². The third-order valence-electron chi connectivity index (χ3n) is 3.34. The van der Waals surface area contributed by atoms with Gasteiger partial charge in [0.1, 0.15) is 17.8 Å². The number of nitrogen functional groups attached to an aromatic ring is 1. The van der Waals surface area contributed by atoms with Crippen LogP contribution < -0.4 is 26.6 Å². The Bertz CT molecular complexity index is 916. The van der Waals surface area contributed by atoms with Crippen molar-refractivity contribution in [3.63, 3.8) is 0 Å². The molecule has 0 bridgehead atoms. The lowest BCUT2D eigenvalue weighted by molar-refractivity contribution is 0.0935. The zero-order valence-electron chi connectivity index (χ0n) is 13.6. The number of carbonyl (C=O) groups excluding carboxylic acids is 1. The van der Waals surface area contributed by atoms with E-state index in [0.29, 0.717) is 22.3 Å². The van der Waals surface area contributed by atoms with E-state index >= 15 is 0 Å². The second-order valence-corrected chi connectivity index (χ2v) is 5.45. The van der Waals surface area contributed by atoms with Gasteiger partial charge < -0.3 is 20.2 Å². The highest BCUT2D eigenvalue weighted by molar-refractivity contribution is 6.31. The SMILES string of the molecule is COc1ccc(Cl)cc1Nc1ncnc(NNC(=O)c2ccco2)c1N. The summed E-state index contributed by atoms with van der Waals surface area (Å²) in [5.74, 6) is 0.762. The average Bonchev–Trinajstić information content (AvgIpc) is 3.17. The number of methoxy groups -OCH3 is 1. The Morgan fingerprint density at radius 2 is 2.08 bits per heavy atom. The molecule has 0 spiro atoms. The second kappa shape index (κ2) is 7.62. The molecule has 26 heavy (non-hydrogen) atoms. The lowest BCUT2D eigenvalue weighted by atomic mass is 10.3. The maximum absolute atomic E-state index is 11.9. The predicted octanol–water partition coefficient (Wildman–Crippen LogP) is 2.81. The van der Waals surface area contributed by atoms with Gasteiger partial charge in [0.15, 0.2) is 17.4 Å². The number of rotatable bonds is 6. The van der Waals surface area contributed by atoms with Gasteiger partial charge in [-0.1, -0.05) is 11.6 Å². The number of halogens is 1. The number of nitrogens with zero attached hydrogens (tertiary/aromatic N) is 2. The molecule has 0 atom stereocenters. The summed E-state index contributed by atoms with van der Waals surface area (Å²) >= 11 is 6.02. The highest BCUT2D eigenvalue weighted by Crippen LogP contribution is 2.32. The third kappa shape index (κ3) is 3.78. The largest absolute Gasteiger partial charge is 0.495 e. The zero-order valence-corrected chi connectivity index (χ0v) is 14.4. The van der Waals surface area contributed by atoms with Gasteiger partial charge in [0.25, 0.3) is 0 Å². The maximum Gasteiger partial charge on any atom is 0.305 e. The summed E-state index contributed by atoms with van der Waals surface area (Å²) in [6.45, 7) is 0. The molecule has 1 amide bonds. The van der Waals surface area contributed by atoms with Crippen molar-refractivity contribution in [1.29, 1.82) is 0 Å². The molecule has 134 valence electrons. The van der Waals surface area contributed by atoms with Crippen molar-refractivity contribution in [2.24, 2.45) is 0 Å². The number of hydrogen-bond donors (Lipinski definition) is 4. The van der Waals surface area contributed by atoms with Gasteiger partial charge >= 0.3 is 5.91 Å². The normalized spacial score (nSPS) is 10.2. The van der Waals surface area contributed by atoms with Crippen LogP contribution in [-0.4, -0.2) is 23.0 Å². The molecule has 0 saturated carbocycles. The summed E-state index contributed by atoms with van der Waals surface area (Å²) in [7, 11) is 1.54. The van der Waals surface area contributed by atoms with Gasteiger partial charge in [0.05, 0.1) is 19.1 Å². The van der Waals surface area contributed by atoms with Crippen molar-refractivity contribution in [3.8, 4) is 5.75 Å². The van der Waals surface area contributed by atoms with Crippen LogP contribution in [0.15, 0.2) is 47.3 Å². The number of hydrazine groups is 1. The minimum Gasteiger partial charge on any atom is -0.495 e. The van der Waals surface area contributed by atoms with Crippen LogP contribution in [0.5, 0.6) is 5.75 Å². The first-order valence-corrected chi connectivity index (χ1v) is 7.77. The first kappa shape index (κ1) is 17.4. The molecular weight excluding hydrogens is 360 g/mol. The molecule has 0 aliphatic heterocycles. The smallest absolute Gasteiger partial charge is 0.305 e. The fourth-order valence-corrected chi connectivity index (χ4v) is 2.26. The fourth-order valence-electron chi connectivity index (χ4n) is 2.09. The van der Waals surface area contributed by atoms with E-state index in [1.807, 2.05) is 0 Å². The topological polar surface area (TPSA) is 127 Å². The van der Waals surface area contributed by atoms with Crippen molar-refractivity contribution in [1.82, 2.24) is 15.4 Å². The number of nitrogens with two attached hydrogens (primary N) is 1. The monoisotopic (exact) mass is 374 g/mol. The molecule has 0 saturated heterocycles. The van der Waals surface area contributed by atoms with Crippen LogP contribution in [-0.2, 0) is 0 Å². The van der Waals surface area contributed by atoms with Crippen LogP contribution in [0.3, 0.4) is 0 Å². The van der Waals surface area contributed by atoms with Crippen LogP contribution in [0.4, 0.5) is 23.0 Å². The second-order valence-electron chi connectivity index (χ2n) is 5.01. The van der Waals surface area contributed by atoms with Crippen LogP contribution >= 0.6 is 11.6 Å². The molecule has 0 radical (unpaired) electrons. The number of carbonyl (C=O) groups is 1. The number of amides is 1. The molecule has 2 aromatic heterocycles. The number of nitrogens with one attached hydrogen (secondary N) is 3. The van der Waals surface area contributed by atoms with E-state index in [4.69, 9.17) is 26.5 Å². The van der Waals surface area contributed by atoms with E-state index in [2.05, 4.69) is 26.1 Å². The average molecular weight is 375 g/mol. The molecule has 0 aliphatic carbocycles. The Morgan fingerprint density at radius 1 is 1.27 bits per heavy atom. The van der Waals surface area contributed by atoms with E-state index in [9.17, 15) is 4.79 Å². The number of aromatic nitrogens is 2. The van der Waals surface area contributed by atoms with Crippen molar-refractivity contribution < 1.29 is 13.9 Å². The van der Waals surface area contributed by atoms with Crippen molar-refractivity contribution in [3.05, 3.63) is 53.7 Å². The standard InChI is InChI=1S/C16H15ClN6O3/c1-25-11-5-4-9(17)7-10(11)21-14-13(18)15(20-8-19-14)22-23-16(24)12-3-2-6-26-12/h2-8H,18H2,1H3,(H,23,24)(H2,19,20,21,22). The number of furan rings is 1. The van der Waals surface area contributed by atoms with Gasteiger partial charge in [-0.2, -0.15) is 0 Å². The molecule has 9 nitrogen and oxygen atoms in total. The Hall–Kier alpha value is -3.46. The van der Waals surface area contributed by atoms with E-state index < -0.39 is 5.91 Å². The summed E-state index contributed by atoms with van der Waals surface area (Å²) in [6, 6.07) is 8.22. The van der Waals surface area contributed by atoms with E-state index in [0.717, 1.165) is 0 Å². The van der Waals surface area contributed by atoms with Crippen LogP contribution in [0.1, 0.15) is 10.6 Å². The van der Waals surface area contributed by atoms with Crippen molar-refractivity contribution in [2.45, 2.75) is 0 Å². The van der Waals surface area contributed by atoms with Gasteiger partial charge in [-0.25, -0.2) is 9.97 Å². The minimum absolute atomic E-state index is 0.145. The highest BCUT2D eigenvalue weighted by atomic mass is 35.5. The molecule has 0 aliphatic rings. The maximum atomic E-state index is 11.9. The van der Waals surface area contributed by atoms with Crippen molar-refractivity contribution in [2.75, 3.05) is 23.6 Å². The van der Waals surface area contributed by atoms with Crippen molar-refractivity contribution >= 4 is 40.5 Å². The first-order chi connectivity index (χ1) is 12.6. The zero-order chi connectivity index (χ0) is 18.5. The van der Waals surface area contributed by atoms with Gasteiger partial charge in [0.2, 0.25) is 0 Å². The molecule has 3 rings (SSSR count). The molecule has 0 fully saturated rings. The Morgan fingerprint density at radius 3 is 2.81 bits per heavy atom. The number of hydrogen-bond acceptors (Lipinski definition) is 8. The summed E-state index contributed by atoms with van der Waals surface area (Å²) in [5, 5.41) is 3.55. The molecule has 5 N–H and O–H groups in total. The van der Waals surface area contributed by atoms with Gasteiger partial charge in [0, 0.05) is 5.02 Å². The Balaban J connectivity index is 1.77. The van der Waals surface area contributed by atoms with Gasteiger partial charge in [-0.15, -0.1) is 0 Å². The molecule has 10 heteroatoms. The Kier molecular flexibility index (Phi) is 5.09. The minimum atomic E-state index is -0.473. The quantitative estimate of drug-likeness (QED) is 0.485. The first-order valence-electron chi connectivity index (χ1n) is 7.39. The predicted molar refractivity (Wildman–Crippen MR) is 97.5 cm³/mol. The van der Waals surface area contributed by atoms with E-state index in [-0.39, 0.29) is 17.3 Å². The molecule has 3 aromatic rings. The third-order valence-corrected chi connectivity index (χ3v) is 3.57. The molecule has 1 aromatic carbocycles. The summed E-state index contributed by atoms with van der Waals surface area (Å²) < 4.78 is 10.3. The summed E-state index contributed by atoms with van der Waals surface area (Å²) in [6.07, 6.45) is 2.69. The highest BCUT2D eigenvalue weighted by Gasteiger charge is 2.13. The summed E-state index contributed by atoms with van der Waals surface area (Å²) in [5.41, 5.74) is 11.9. The number of benzene rings is 1. The number of ether oxygens (including phenoxy) is 1. The van der Waals surface area contributed by atoms with Crippen LogP contribution in [0, 0.1) is 0 Å². The summed E-state index contributed by atoms with van der Waals surface area (Å²) in [4.78, 5) is 20.0. The molecule has 2 heterocycles. The van der Waals surface area contributed by atoms with E-state index in [1.165, 1.54) is 25.8 Å². The van der Waals surface area contributed by atoms with Gasteiger partial charge in [-0.05, 0) is 30.3 Å². The van der Waals surface area contributed by atoms with Crippen LogP contribution in [0.2, 0.25) is 5.02 Å². The molecule has 0 unspecified atom stereocenters. The lowest BCUT2D eigenvalue weighted by Gasteiger charge is -2.14. The van der Waals surface area contributed by atoms with Gasteiger partial charge in [-0.3, -0.25) is 15.6 Å². The number of anilines is 4. The van der Waals surface area contributed by atoms with E-state index in [1.54, 1.807) is 24.3 Å². The molecular formula is C16H15ClN6O3. The fraction of sp³-hybridized carbons (Fsp3) is 0.0625.